The van der Waals surface area contributed by atoms with Crippen molar-refractivity contribution in [1.29, 1.82) is 0 Å². The Balaban J connectivity index is 1.53. The molecule has 0 spiro atoms. The number of Topliss-reactive ketones (excluding diaryl/α,β-unsaturated/α-hetero) is 1. The molecule has 3 rings (SSSR count). The first kappa shape index (κ1) is 19.3. The fourth-order valence-corrected chi connectivity index (χ4v) is 3.81. The molecule has 27 heavy (non-hydrogen) atoms. The molecular formula is C21H25N3O2S. The molecule has 142 valence electrons. The molecule has 0 bridgehead atoms. The van der Waals surface area contributed by atoms with Crippen molar-refractivity contribution in [2.75, 3.05) is 6.54 Å². The van der Waals surface area contributed by atoms with E-state index in [1.165, 1.54) is 11.3 Å². The summed E-state index contributed by atoms with van der Waals surface area (Å²) < 4.78 is 2.07. The number of nitrogens with one attached hydrogen (secondary N) is 1. The highest BCUT2D eigenvalue weighted by atomic mass is 32.1. The van der Waals surface area contributed by atoms with Crippen LogP contribution in [0.25, 0.3) is 11.0 Å². The molecule has 3 aromatic rings. The predicted octanol–water partition coefficient (Wildman–Crippen LogP) is 4.39. The minimum Gasteiger partial charge on any atom is -0.351 e. The molecule has 0 aliphatic rings. The molecule has 1 aromatic carbocycles. The molecule has 1 N–H and O–H groups in total. The number of thiophene rings is 1. The highest BCUT2D eigenvalue weighted by molar-refractivity contribution is 7.12. The highest BCUT2D eigenvalue weighted by Crippen LogP contribution is 2.23. The second-order valence-electron chi connectivity index (χ2n) is 6.72. The maximum absolute atomic E-state index is 11.9. The predicted molar refractivity (Wildman–Crippen MR) is 109 cm³/mol. The van der Waals surface area contributed by atoms with E-state index in [0.717, 1.165) is 47.4 Å². The number of imidazole rings is 1. The Morgan fingerprint density at radius 1 is 1.15 bits per heavy atom. The molecule has 0 aliphatic carbocycles. The van der Waals surface area contributed by atoms with Crippen molar-refractivity contribution < 1.29 is 9.59 Å². The number of hydrogen-bond donors (Lipinski definition) is 1. The van der Waals surface area contributed by atoms with Gasteiger partial charge in [-0.15, -0.1) is 11.3 Å². The topological polar surface area (TPSA) is 64.0 Å². The number of amides is 1. The Morgan fingerprint density at radius 3 is 2.70 bits per heavy atom. The molecule has 1 atom stereocenters. The summed E-state index contributed by atoms with van der Waals surface area (Å²) in [6.07, 6.45) is 3.73. The monoisotopic (exact) mass is 383 g/mol. The molecule has 2 aromatic heterocycles. The van der Waals surface area contributed by atoms with Crippen molar-refractivity contribution in [2.24, 2.45) is 0 Å². The number of aryl methyl sites for hydroxylation is 1. The zero-order chi connectivity index (χ0) is 19.2. The summed E-state index contributed by atoms with van der Waals surface area (Å²) in [5.41, 5.74) is 1.95. The van der Waals surface area contributed by atoms with E-state index in [4.69, 9.17) is 4.98 Å². The quantitative estimate of drug-likeness (QED) is 0.557. The zero-order valence-corrected chi connectivity index (χ0v) is 16.6. The minimum atomic E-state index is -0.211. The first-order valence-electron chi connectivity index (χ1n) is 9.36. The first-order chi connectivity index (χ1) is 13.1. The lowest BCUT2D eigenvalue weighted by Crippen LogP contribution is -2.23. The Kier molecular flexibility index (Phi) is 6.40. The van der Waals surface area contributed by atoms with Gasteiger partial charge in [-0.25, -0.2) is 4.98 Å². The zero-order valence-electron chi connectivity index (χ0n) is 15.8. The third-order valence-corrected chi connectivity index (χ3v) is 5.62. The van der Waals surface area contributed by atoms with E-state index in [1.807, 2.05) is 48.7 Å². The second-order valence-corrected chi connectivity index (χ2v) is 7.66. The highest BCUT2D eigenvalue weighted by Gasteiger charge is 2.18. The van der Waals surface area contributed by atoms with Gasteiger partial charge in [-0.05, 0) is 50.3 Å². The molecule has 0 radical (unpaired) electrons. The van der Waals surface area contributed by atoms with Gasteiger partial charge in [0.05, 0.1) is 22.0 Å². The minimum absolute atomic E-state index is 0.00192. The van der Waals surface area contributed by atoms with Crippen molar-refractivity contribution in [2.45, 2.75) is 45.6 Å². The molecule has 2 heterocycles. The van der Waals surface area contributed by atoms with Crippen LogP contribution < -0.4 is 5.32 Å². The molecular weight excluding hydrogens is 358 g/mol. The maximum Gasteiger partial charge on any atom is 0.261 e. The third kappa shape index (κ3) is 4.63. The van der Waals surface area contributed by atoms with E-state index in [9.17, 15) is 9.59 Å². The van der Waals surface area contributed by atoms with Crippen LogP contribution in [0.4, 0.5) is 0 Å². The van der Waals surface area contributed by atoms with Crippen LogP contribution in [0.3, 0.4) is 0 Å². The van der Waals surface area contributed by atoms with Crippen LogP contribution in [0.5, 0.6) is 0 Å². The van der Waals surface area contributed by atoms with E-state index in [0.29, 0.717) is 6.54 Å². The van der Waals surface area contributed by atoms with E-state index < -0.39 is 0 Å². The fourth-order valence-electron chi connectivity index (χ4n) is 3.17. The van der Waals surface area contributed by atoms with Crippen molar-refractivity contribution in [1.82, 2.24) is 14.9 Å². The molecule has 5 nitrogen and oxygen atoms in total. The molecule has 0 aliphatic heterocycles. The van der Waals surface area contributed by atoms with Crippen LogP contribution in [-0.2, 0) is 11.2 Å². The number of aromatic nitrogens is 2. The van der Waals surface area contributed by atoms with Crippen LogP contribution in [-0.4, -0.2) is 27.8 Å². The van der Waals surface area contributed by atoms with Crippen LogP contribution in [0.15, 0.2) is 41.8 Å². The van der Waals surface area contributed by atoms with Crippen molar-refractivity contribution >= 4 is 34.1 Å². The summed E-state index contributed by atoms with van der Waals surface area (Å²) in [4.78, 5) is 29.3. The Labute approximate surface area is 163 Å². The van der Waals surface area contributed by atoms with Crippen molar-refractivity contribution in [3.63, 3.8) is 0 Å². The lowest BCUT2D eigenvalue weighted by Gasteiger charge is -2.15. The van der Waals surface area contributed by atoms with Crippen LogP contribution in [0.1, 0.15) is 54.6 Å². The Bertz CT molecular complexity index is 915. The SMILES string of the molecule is CC(=O)C(C)n1c(CCCCCNC(=O)c2cccs2)nc2ccccc21. The number of rotatable bonds is 9. The number of fused-ring (bicyclic) bond motifs is 1. The maximum atomic E-state index is 11.9. The van der Waals surface area contributed by atoms with Gasteiger partial charge in [0.25, 0.3) is 5.91 Å². The number of para-hydroxylation sites is 2. The van der Waals surface area contributed by atoms with Crippen molar-refractivity contribution in [3.8, 4) is 0 Å². The van der Waals surface area contributed by atoms with Gasteiger partial charge in [0, 0.05) is 13.0 Å². The third-order valence-electron chi connectivity index (χ3n) is 4.75. The second kappa shape index (κ2) is 8.95. The van der Waals surface area contributed by atoms with Crippen LogP contribution >= 0.6 is 11.3 Å². The summed E-state index contributed by atoms with van der Waals surface area (Å²) in [5, 5.41) is 4.86. The van der Waals surface area contributed by atoms with Crippen molar-refractivity contribution in [3.05, 3.63) is 52.5 Å². The number of hydrogen-bond acceptors (Lipinski definition) is 4. The Hall–Kier alpha value is -2.47. The number of nitrogens with zero attached hydrogens (tertiary/aromatic N) is 2. The number of unbranched alkanes of at least 4 members (excludes halogenated alkanes) is 2. The van der Waals surface area contributed by atoms with Gasteiger partial charge in [0.2, 0.25) is 0 Å². The molecule has 0 saturated heterocycles. The summed E-state index contributed by atoms with van der Waals surface area (Å²) >= 11 is 1.45. The fraction of sp³-hybridized carbons (Fsp3) is 0.381. The molecule has 0 fully saturated rings. The van der Waals surface area contributed by atoms with Gasteiger partial charge in [0.1, 0.15) is 5.82 Å². The standard InChI is InChI=1S/C21H25N3O2S/c1-15(16(2)25)24-18-10-6-5-9-17(18)23-20(24)12-4-3-7-13-22-21(26)19-11-8-14-27-19/h5-6,8-11,14-15H,3-4,7,12-13H2,1-2H3,(H,22,26). The summed E-state index contributed by atoms with van der Waals surface area (Å²) in [6, 6.07) is 11.5. The van der Waals surface area contributed by atoms with Gasteiger partial charge in [0.15, 0.2) is 5.78 Å². The number of ketones is 1. The normalized spacial score (nSPS) is 12.2. The van der Waals surface area contributed by atoms with E-state index in [-0.39, 0.29) is 17.7 Å². The molecule has 1 unspecified atom stereocenters. The average molecular weight is 384 g/mol. The van der Waals surface area contributed by atoms with Gasteiger partial charge in [-0.2, -0.15) is 0 Å². The van der Waals surface area contributed by atoms with Gasteiger partial charge < -0.3 is 9.88 Å². The molecule has 1 amide bonds. The van der Waals surface area contributed by atoms with Gasteiger partial charge >= 0.3 is 0 Å². The number of carbonyl (C=O) groups is 2. The summed E-state index contributed by atoms with van der Waals surface area (Å²) in [6.45, 7) is 4.23. The summed E-state index contributed by atoms with van der Waals surface area (Å²) in [7, 11) is 0. The number of benzene rings is 1. The average Bonchev–Trinajstić information content (AvgIpc) is 3.31. The van der Waals surface area contributed by atoms with Crippen LogP contribution in [0.2, 0.25) is 0 Å². The van der Waals surface area contributed by atoms with E-state index >= 15 is 0 Å². The first-order valence-corrected chi connectivity index (χ1v) is 10.2. The van der Waals surface area contributed by atoms with Gasteiger partial charge in [-0.3, -0.25) is 9.59 Å². The van der Waals surface area contributed by atoms with E-state index in [1.54, 1.807) is 6.92 Å². The van der Waals surface area contributed by atoms with Gasteiger partial charge in [-0.1, -0.05) is 24.6 Å². The van der Waals surface area contributed by atoms with Crippen LogP contribution in [0, 0.1) is 0 Å². The smallest absolute Gasteiger partial charge is 0.261 e. The molecule has 6 heteroatoms. The Morgan fingerprint density at radius 2 is 1.96 bits per heavy atom. The molecule has 0 saturated carbocycles. The summed E-state index contributed by atoms with van der Waals surface area (Å²) in [5.74, 6) is 1.10. The largest absolute Gasteiger partial charge is 0.351 e. The van der Waals surface area contributed by atoms with E-state index in [2.05, 4.69) is 9.88 Å². The lowest BCUT2D eigenvalue weighted by molar-refractivity contribution is -0.119. The number of carbonyl (C=O) groups excluding carboxylic acids is 2. The lowest BCUT2D eigenvalue weighted by atomic mass is 10.1.